The summed E-state index contributed by atoms with van der Waals surface area (Å²) < 4.78 is 13.2. The molecule has 0 aliphatic rings. The minimum Gasteiger partial charge on any atom is -0.324 e. The third kappa shape index (κ3) is 2.98. The molecule has 0 amide bonds. The Hall–Kier alpha value is -1.19. The molecule has 1 aromatic carbocycles. The van der Waals surface area contributed by atoms with Gasteiger partial charge in [-0.05, 0) is 42.7 Å². The van der Waals surface area contributed by atoms with Gasteiger partial charge in [-0.3, -0.25) is 0 Å². The topological polar surface area (TPSA) is 26.0 Å². The molecule has 0 saturated carbocycles. The summed E-state index contributed by atoms with van der Waals surface area (Å²) in [5.41, 5.74) is 7.84. The molecular weight excluding hydrogens is 245 g/mol. The lowest BCUT2D eigenvalue weighted by Crippen LogP contribution is -2.13. The number of thiophene rings is 1. The highest BCUT2D eigenvalue weighted by atomic mass is 32.1. The average Bonchev–Trinajstić information content (AvgIpc) is 2.80. The maximum atomic E-state index is 13.2. The molecule has 0 radical (unpaired) electrons. The molecule has 0 spiro atoms. The van der Waals surface area contributed by atoms with Crippen LogP contribution in [0, 0.1) is 12.7 Å². The smallest absolute Gasteiger partial charge is 0.126 e. The number of hydrogen-bond acceptors (Lipinski definition) is 2. The first-order valence-electron chi connectivity index (χ1n) is 6.19. The van der Waals surface area contributed by atoms with Crippen molar-refractivity contribution in [3.05, 3.63) is 57.0 Å². The Morgan fingerprint density at radius 3 is 2.56 bits per heavy atom. The number of benzene rings is 1. The molecule has 0 aliphatic carbocycles. The van der Waals surface area contributed by atoms with E-state index in [2.05, 4.69) is 19.1 Å². The summed E-state index contributed by atoms with van der Waals surface area (Å²) in [6.07, 6.45) is 1.88. The maximum absolute atomic E-state index is 13.2. The monoisotopic (exact) mass is 263 g/mol. The van der Waals surface area contributed by atoms with E-state index in [-0.39, 0.29) is 11.9 Å². The van der Waals surface area contributed by atoms with Crippen LogP contribution in [0.2, 0.25) is 0 Å². The molecule has 2 aromatic rings. The zero-order valence-electron chi connectivity index (χ0n) is 10.7. The SMILES string of the molecule is CCc1ccc(CC(N)c2ccc(F)c(C)c2)s1. The van der Waals surface area contributed by atoms with Gasteiger partial charge in [-0.1, -0.05) is 19.1 Å². The first-order valence-corrected chi connectivity index (χ1v) is 7.01. The quantitative estimate of drug-likeness (QED) is 0.886. The first kappa shape index (κ1) is 13.2. The van der Waals surface area contributed by atoms with E-state index >= 15 is 0 Å². The minimum absolute atomic E-state index is 0.0624. The zero-order chi connectivity index (χ0) is 13.1. The highest BCUT2D eigenvalue weighted by Crippen LogP contribution is 2.23. The summed E-state index contributed by atoms with van der Waals surface area (Å²) in [6.45, 7) is 3.92. The van der Waals surface area contributed by atoms with Gasteiger partial charge < -0.3 is 5.73 Å². The summed E-state index contributed by atoms with van der Waals surface area (Å²) in [7, 11) is 0. The van der Waals surface area contributed by atoms with Gasteiger partial charge in [-0.2, -0.15) is 0 Å². The molecule has 0 bridgehead atoms. The van der Waals surface area contributed by atoms with Crippen LogP contribution in [0.1, 0.15) is 33.8 Å². The molecule has 0 saturated heterocycles. The second-order valence-electron chi connectivity index (χ2n) is 4.54. The fourth-order valence-electron chi connectivity index (χ4n) is 1.96. The molecule has 1 atom stereocenters. The lowest BCUT2D eigenvalue weighted by Gasteiger charge is -2.12. The number of aryl methyl sites for hydroxylation is 2. The molecular formula is C15H18FNS. The van der Waals surface area contributed by atoms with E-state index in [0.717, 1.165) is 18.4 Å². The van der Waals surface area contributed by atoms with Crippen LogP contribution in [0.5, 0.6) is 0 Å². The van der Waals surface area contributed by atoms with Crippen molar-refractivity contribution < 1.29 is 4.39 Å². The van der Waals surface area contributed by atoms with E-state index in [1.54, 1.807) is 13.0 Å². The summed E-state index contributed by atoms with van der Waals surface area (Å²) in [4.78, 5) is 2.67. The lowest BCUT2D eigenvalue weighted by atomic mass is 10.0. The van der Waals surface area contributed by atoms with Crippen LogP contribution in [0.3, 0.4) is 0 Å². The van der Waals surface area contributed by atoms with Crippen molar-refractivity contribution >= 4 is 11.3 Å². The van der Waals surface area contributed by atoms with Crippen LogP contribution in [0.15, 0.2) is 30.3 Å². The predicted octanol–water partition coefficient (Wildman–Crippen LogP) is 4.00. The second-order valence-corrected chi connectivity index (χ2v) is 5.79. The Bertz CT molecular complexity index is 533. The largest absolute Gasteiger partial charge is 0.324 e. The zero-order valence-corrected chi connectivity index (χ0v) is 11.6. The number of rotatable bonds is 4. The van der Waals surface area contributed by atoms with Crippen LogP contribution in [0.25, 0.3) is 0 Å². The normalized spacial score (nSPS) is 12.7. The van der Waals surface area contributed by atoms with Crippen LogP contribution >= 0.6 is 11.3 Å². The highest BCUT2D eigenvalue weighted by molar-refractivity contribution is 7.11. The van der Waals surface area contributed by atoms with Crippen molar-refractivity contribution in [3.8, 4) is 0 Å². The number of nitrogens with two attached hydrogens (primary N) is 1. The van der Waals surface area contributed by atoms with Crippen molar-refractivity contribution in [2.24, 2.45) is 5.73 Å². The fraction of sp³-hybridized carbons (Fsp3) is 0.333. The third-order valence-electron chi connectivity index (χ3n) is 3.10. The Morgan fingerprint density at radius 1 is 1.22 bits per heavy atom. The Balaban J connectivity index is 2.11. The highest BCUT2D eigenvalue weighted by Gasteiger charge is 2.10. The molecule has 1 unspecified atom stereocenters. The molecule has 1 heterocycles. The van der Waals surface area contributed by atoms with Gasteiger partial charge in [0, 0.05) is 22.2 Å². The van der Waals surface area contributed by atoms with Crippen LogP contribution < -0.4 is 5.73 Å². The van der Waals surface area contributed by atoms with Gasteiger partial charge >= 0.3 is 0 Å². The average molecular weight is 263 g/mol. The minimum atomic E-state index is -0.171. The van der Waals surface area contributed by atoms with Crippen LogP contribution in [-0.4, -0.2) is 0 Å². The van der Waals surface area contributed by atoms with E-state index in [1.807, 2.05) is 17.4 Å². The van der Waals surface area contributed by atoms with Gasteiger partial charge in [0.2, 0.25) is 0 Å². The third-order valence-corrected chi connectivity index (χ3v) is 4.35. The summed E-state index contributed by atoms with van der Waals surface area (Å²) in [5.74, 6) is -0.171. The molecule has 0 fully saturated rings. The van der Waals surface area contributed by atoms with E-state index < -0.39 is 0 Å². The van der Waals surface area contributed by atoms with E-state index in [4.69, 9.17) is 5.73 Å². The Kier molecular flexibility index (Phi) is 4.15. The van der Waals surface area contributed by atoms with E-state index in [1.165, 1.54) is 15.8 Å². The maximum Gasteiger partial charge on any atom is 0.126 e. The molecule has 96 valence electrons. The van der Waals surface area contributed by atoms with Crippen molar-refractivity contribution in [2.45, 2.75) is 32.7 Å². The van der Waals surface area contributed by atoms with Gasteiger partial charge in [-0.15, -0.1) is 11.3 Å². The van der Waals surface area contributed by atoms with E-state index in [0.29, 0.717) is 5.56 Å². The fourth-order valence-corrected chi connectivity index (χ4v) is 2.97. The van der Waals surface area contributed by atoms with E-state index in [9.17, 15) is 4.39 Å². The summed E-state index contributed by atoms with van der Waals surface area (Å²) in [5, 5.41) is 0. The van der Waals surface area contributed by atoms with Gasteiger partial charge in [0.25, 0.3) is 0 Å². The van der Waals surface area contributed by atoms with Crippen molar-refractivity contribution in [1.29, 1.82) is 0 Å². The molecule has 1 aromatic heterocycles. The van der Waals surface area contributed by atoms with Gasteiger partial charge in [0.1, 0.15) is 5.82 Å². The van der Waals surface area contributed by atoms with Crippen molar-refractivity contribution in [1.82, 2.24) is 0 Å². The van der Waals surface area contributed by atoms with Crippen LogP contribution in [-0.2, 0) is 12.8 Å². The Labute approximate surface area is 111 Å². The Morgan fingerprint density at radius 2 is 1.94 bits per heavy atom. The first-order chi connectivity index (χ1) is 8.60. The van der Waals surface area contributed by atoms with Gasteiger partial charge in [-0.25, -0.2) is 4.39 Å². The molecule has 1 nitrogen and oxygen atoms in total. The van der Waals surface area contributed by atoms with Gasteiger partial charge in [0.15, 0.2) is 0 Å². The van der Waals surface area contributed by atoms with Crippen molar-refractivity contribution in [3.63, 3.8) is 0 Å². The van der Waals surface area contributed by atoms with Gasteiger partial charge in [0.05, 0.1) is 0 Å². The molecule has 3 heteroatoms. The number of halogens is 1. The summed E-state index contributed by atoms with van der Waals surface area (Å²) >= 11 is 1.81. The number of hydrogen-bond donors (Lipinski definition) is 1. The standard InChI is InChI=1S/C15H18FNS/c1-3-12-5-6-13(18-12)9-15(17)11-4-7-14(16)10(2)8-11/h4-8,15H,3,9,17H2,1-2H3. The molecule has 2 N–H and O–H groups in total. The van der Waals surface area contributed by atoms with Crippen LogP contribution in [0.4, 0.5) is 4.39 Å². The van der Waals surface area contributed by atoms with Crippen molar-refractivity contribution in [2.75, 3.05) is 0 Å². The molecule has 0 aliphatic heterocycles. The lowest BCUT2D eigenvalue weighted by molar-refractivity contribution is 0.615. The molecule has 2 rings (SSSR count). The second kappa shape index (κ2) is 5.63. The molecule has 18 heavy (non-hydrogen) atoms. The predicted molar refractivity (Wildman–Crippen MR) is 75.5 cm³/mol. The summed E-state index contributed by atoms with van der Waals surface area (Å²) in [6, 6.07) is 9.35.